The molecule has 2 atom stereocenters. The van der Waals surface area contributed by atoms with Gasteiger partial charge in [-0.2, -0.15) is 0 Å². The van der Waals surface area contributed by atoms with Crippen LogP contribution in [-0.2, 0) is 17.6 Å². The minimum Gasteiger partial charge on any atom is -0.493 e. The van der Waals surface area contributed by atoms with Crippen LogP contribution in [0, 0.1) is 5.92 Å². The van der Waals surface area contributed by atoms with Crippen LogP contribution in [0.3, 0.4) is 0 Å². The zero-order valence-electron chi connectivity index (χ0n) is 16.7. The average molecular weight is 381 g/mol. The molecule has 28 heavy (non-hydrogen) atoms. The van der Waals surface area contributed by atoms with E-state index in [0.29, 0.717) is 19.0 Å². The number of nitrogens with zero attached hydrogens (tertiary/aromatic N) is 1. The Morgan fingerprint density at radius 2 is 1.71 bits per heavy atom. The molecule has 0 spiro atoms. The lowest BCUT2D eigenvalue weighted by Gasteiger charge is -2.20. The quantitative estimate of drug-likeness (QED) is 0.802. The first kappa shape index (κ1) is 18.7. The second-order valence-electron chi connectivity index (χ2n) is 7.79. The minimum absolute atomic E-state index is 0.120. The molecular weight excluding hydrogens is 354 g/mol. The van der Waals surface area contributed by atoms with Gasteiger partial charge in [0.25, 0.3) is 0 Å². The van der Waals surface area contributed by atoms with Crippen molar-refractivity contribution in [2.75, 3.05) is 27.3 Å². The molecule has 2 aromatic carbocycles. The molecule has 0 aromatic heterocycles. The fourth-order valence-electron chi connectivity index (χ4n) is 4.48. The van der Waals surface area contributed by atoms with Gasteiger partial charge in [0, 0.05) is 31.8 Å². The molecule has 0 saturated carbocycles. The van der Waals surface area contributed by atoms with Crippen molar-refractivity contribution in [2.24, 2.45) is 5.92 Å². The van der Waals surface area contributed by atoms with E-state index in [2.05, 4.69) is 43.3 Å². The first-order valence-electron chi connectivity index (χ1n) is 9.83. The average Bonchev–Trinajstić information content (AvgIpc) is 3.30. The van der Waals surface area contributed by atoms with Gasteiger partial charge in [0.1, 0.15) is 6.10 Å². The summed E-state index contributed by atoms with van der Waals surface area (Å²) >= 11 is 0. The Morgan fingerprint density at radius 1 is 1.00 bits per heavy atom. The van der Waals surface area contributed by atoms with Crippen LogP contribution in [0.5, 0.6) is 11.5 Å². The van der Waals surface area contributed by atoms with Crippen molar-refractivity contribution in [3.63, 3.8) is 0 Å². The number of benzene rings is 2. The van der Waals surface area contributed by atoms with Gasteiger partial charge in [-0.05, 0) is 34.7 Å². The Morgan fingerprint density at radius 3 is 2.36 bits per heavy atom. The summed E-state index contributed by atoms with van der Waals surface area (Å²) in [7, 11) is 3.10. The van der Waals surface area contributed by atoms with Gasteiger partial charge >= 0.3 is 6.09 Å². The minimum atomic E-state index is -0.261. The Hall–Kier alpha value is -2.69. The number of ether oxygens (including phenoxy) is 3. The standard InChI is InChI=1S/C23H27NO4/c1-15-13-24(23(25)27-3)14-20(15)18-8-9-21(26-2)22(12-18)28-19-10-16-6-4-5-7-17(16)11-19/h4-9,12,15,19-20H,10-11,13-14H2,1-3H3/t15?,20-/m1/s1. The third-order valence-electron chi connectivity index (χ3n) is 5.97. The smallest absolute Gasteiger partial charge is 0.409 e. The van der Waals surface area contributed by atoms with E-state index in [-0.39, 0.29) is 18.1 Å². The van der Waals surface area contributed by atoms with E-state index in [4.69, 9.17) is 14.2 Å². The third kappa shape index (κ3) is 3.53. The van der Waals surface area contributed by atoms with E-state index in [1.54, 1.807) is 12.0 Å². The van der Waals surface area contributed by atoms with E-state index in [1.165, 1.54) is 23.8 Å². The largest absolute Gasteiger partial charge is 0.493 e. The summed E-state index contributed by atoms with van der Waals surface area (Å²) in [5, 5.41) is 0. The van der Waals surface area contributed by atoms with Crippen LogP contribution in [0.2, 0.25) is 0 Å². The molecule has 0 radical (unpaired) electrons. The van der Waals surface area contributed by atoms with E-state index in [0.717, 1.165) is 24.3 Å². The molecule has 1 aliphatic heterocycles. The van der Waals surface area contributed by atoms with Crippen molar-refractivity contribution in [3.05, 3.63) is 59.2 Å². The van der Waals surface area contributed by atoms with Crippen molar-refractivity contribution in [3.8, 4) is 11.5 Å². The second kappa shape index (κ2) is 7.74. The molecule has 0 bridgehead atoms. The molecule has 1 saturated heterocycles. The van der Waals surface area contributed by atoms with Crippen molar-refractivity contribution in [1.82, 2.24) is 4.90 Å². The molecule has 1 heterocycles. The van der Waals surface area contributed by atoms with E-state index in [9.17, 15) is 4.79 Å². The number of likely N-dealkylation sites (tertiary alicyclic amines) is 1. The van der Waals surface area contributed by atoms with Gasteiger partial charge in [-0.3, -0.25) is 0 Å². The molecule has 5 nitrogen and oxygen atoms in total. The Bertz CT molecular complexity index is 840. The van der Waals surface area contributed by atoms with Crippen molar-refractivity contribution >= 4 is 6.09 Å². The highest BCUT2D eigenvalue weighted by Gasteiger charge is 2.34. The number of methoxy groups -OCH3 is 2. The van der Waals surface area contributed by atoms with Crippen LogP contribution in [-0.4, -0.2) is 44.4 Å². The lowest BCUT2D eigenvalue weighted by Crippen LogP contribution is -2.28. The maximum Gasteiger partial charge on any atom is 0.409 e. The number of rotatable bonds is 4. The zero-order chi connectivity index (χ0) is 19.7. The molecule has 4 rings (SSSR count). The highest BCUT2D eigenvalue weighted by Crippen LogP contribution is 2.38. The molecule has 148 valence electrons. The van der Waals surface area contributed by atoms with E-state index in [1.807, 2.05) is 6.07 Å². The summed E-state index contributed by atoms with van der Waals surface area (Å²) < 4.78 is 16.8. The molecule has 2 aliphatic rings. The number of hydrogen-bond donors (Lipinski definition) is 0. The van der Waals surface area contributed by atoms with E-state index >= 15 is 0 Å². The maximum atomic E-state index is 11.9. The SMILES string of the molecule is COC(=O)N1CC(C)[C@H](c2ccc(OC)c(OC3Cc4ccccc4C3)c2)C1. The summed E-state index contributed by atoms with van der Waals surface area (Å²) in [6, 6.07) is 14.6. The second-order valence-corrected chi connectivity index (χ2v) is 7.79. The van der Waals surface area contributed by atoms with Gasteiger partial charge in [-0.25, -0.2) is 4.79 Å². The summed E-state index contributed by atoms with van der Waals surface area (Å²) in [6.07, 6.45) is 1.69. The van der Waals surface area contributed by atoms with Crippen LogP contribution >= 0.6 is 0 Å². The number of amides is 1. The normalized spacial score (nSPS) is 21.5. The molecule has 1 fully saturated rings. The topological polar surface area (TPSA) is 48.0 Å². The summed E-state index contributed by atoms with van der Waals surface area (Å²) in [5.74, 6) is 2.14. The fourth-order valence-corrected chi connectivity index (χ4v) is 4.48. The lowest BCUT2D eigenvalue weighted by atomic mass is 9.90. The molecule has 1 unspecified atom stereocenters. The fraction of sp³-hybridized carbons (Fsp3) is 0.435. The molecule has 5 heteroatoms. The van der Waals surface area contributed by atoms with Gasteiger partial charge in [0.2, 0.25) is 0 Å². The predicted molar refractivity (Wildman–Crippen MR) is 107 cm³/mol. The molecular formula is C23H27NO4. The van der Waals surface area contributed by atoms with Crippen LogP contribution < -0.4 is 9.47 Å². The van der Waals surface area contributed by atoms with Gasteiger partial charge < -0.3 is 19.1 Å². The predicted octanol–water partition coefficient (Wildman–Crippen LogP) is 4.04. The summed E-state index contributed by atoms with van der Waals surface area (Å²) in [4.78, 5) is 13.7. The van der Waals surface area contributed by atoms with Crippen LogP contribution in [0.4, 0.5) is 4.79 Å². The zero-order valence-corrected chi connectivity index (χ0v) is 16.7. The first-order valence-corrected chi connectivity index (χ1v) is 9.83. The van der Waals surface area contributed by atoms with Crippen LogP contribution in [0.15, 0.2) is 42.5 Å². The highest BCUT2D eigenvalue weighted by molar-refractivity contribution is 5.68. The molecule has 0 N–H and O–H groups in total. The number of fused-ring (bicyclic) bond motifs is 1. The number of hydrogen-bond acceptors (Lipinski definition) is 4. The monoisotopic (exact) mass is 381 g/mol. The molecule has 1 amide bonds. The van der Waals surface area contributed by atoms with Gasteiger partial charge in [0.05, 0.1) is 14.2 Å². The van der Waals surface area contributed by atoms with Gasteiger partial charge in [0.15, 0.2) is 11.5 Å². The Kier molecular flexibility index (Phi) is 5.16. The summed E-state index contributed by atoms with van der Waals surface area (Å²) in [5.41, 5.74) is 3.90. The van der Waals surface area contributed by atoms with Crippen LogP contribution in [0.1, 0.15) is 29.5 Å². The van der Waals surface area contributed by atoms with Crippen LogP contribution in [0.25, 0.3) is 0 Å². The van der Waals surface area contributed by atoms with Crippen molar-refractivity contribution in [1.29, 1.82) is 0 Å². The van der Waals surface area contributed by atoms with Crippen molar-refractivity contribution in [2.45, 2.75) is 31.8 Å². The molecule has 2 aromatic rings. The van der Waals surface area contributed by atoms with Gasteiger partial charge in [-0.15, -0.1) is 0 Å². The van der Waals surface area contributed by atoms with Crippen molar-refractivity contribution < 1.29 is 19.0 Å². The lowest BCUT2D eigenvalue weighted by molar-refractivity contribution is 0.131. The number of carbonyl (C=O) groups is 1. The number of carbonyl (C=O) groups excluding carboxylic acids is 1. The third-order valence-corrected chi connectivity index (χ3v) is 5.97. The Labute approximate surface area is 166 Å². The summed E-state index contributed by atoms with van der Waals surface area (Å²) in [6.45, 7) is 3.54. The Balaban J connectivity index is 1.53. The highest BCUT2D eigenvalue weighted by atomic mass is 16.5. The van der Waals surface area contributed by atoms with E-state index < -0.39 is 0 Å². The molecule has 1 aliphatic carbocycles. The maximum absolute atomic E-state index is 11.9. The first-order chi connectivity index (χ1) is 13.6. The van der Waals surface area contributed by atoms with Gasteiger partial charge in [-0.1, -0.05) is 37.3 Å².